The van der Waals surface area contributed by atoms with E-state index in [-0.39, 0.29) is 57.3 Å². The molecule has 0 saturated heterocycles. The molecule has 4 aromatic carbocycles. The Morgan fingerprint density at radius 3 is 0.543 bits per heavy atom. The zero-order valence-corrected chi connectivity index (χ0v) is 25.6. The fourth-order valence-corrected chi connectivity index (χ4v) is 5.48. The zero-order chi connectivity index (χ0) is 34.4. The van der Waals surface area contributed by atoms with E-state index in [1.165, 1.54) is 0 Å². The molecule has 18 heteroatoms. The number of hydrogen-bond donors (Lipinski definition) is 0. The molecule has 0 unspecified atom stereocenters. The Balaban J connectivity index is 0.00000576. The van der Waals surface area contributed by atoms with E-state index in [0.29, 0.717) is 0 Å². The first-order chi connectivity index (χ1) is 20.7. The fourth-order valence-electron chi connectivity index (χ4n) is 5.48. The van der Waals surface area contributed by atoms with Crippen molar-refractivity contribution in [2.75, 3.05) is 0 Å². The SMILES string of the molecule is Cc1c(F)c(F)c(F)c([B-](c2c(F)c(C)c(F)c(F)c2F)(c2c(F)c(C)c(F)c(F)c2F)c2c(F)c(C)c(F)c(F)c2F)c1F.[Na+]. The maximum Gasteiger partial charge on any atom is 1.00 e. The summed E-state index contributed by atoms with van der Waals surface area (Å²) in [5, 5.41) is 0. The van der Waals surface area contributed by atoms with E-state index in [9.17, 15) is 35.1 Å². The first kappa shape index (κ1) is 37.3. The second-order valence-electron chi connectivity index (χ2n) is 10.0. The Morgan fingerprint density at radius 2 is 0.391 bits per heavy atom. The van der Waals surface area contributed by atoms with Crippen LogP contribution in [0.5, 0.6) is 0 Å². The largest absolute Gasteiger partial charge is 1.00 e. The van der Waals surface area contributed by atoms with E-state index in [4.69, 9.17) is 0 Å². The Hall–Kier alpha value is -3.18. The van der Waals surface area contributed by atoms with E-state index < -0.39 is 143 Å². The van der Waals surface area contributed by atoms with Gasteiger partial charge in [-0.2, -0.15) is 0 Å². The summed E-state index contributed by atoms with van der Waals surface area (Å²) in [5.41, 5.74) is -17.8. The van der Waals surface area contributed by atoms with Crippen LogP contribution < -0.4 is 51.4 Å². The van der Waals surface area contributed by atoms with Crippen molar-refractivity contribution in [1.82, 2.24) is 0 Å². The van der Waals surface area contributed by atoms with Crippen molar-refractivity contribution in [3.05, 3.63) is 115 Å². The average molecular weight is 686 g/mol. The van der Waals surface area contributed by atoms with E-state index in [1.54, 1.807) is 0 Å². The second-order valence-corrected chi connectivity index (χ2v) is 10.0. The molecule has 240 valence electrons. The molecule has 0 aliphatic rings. The van der Waals surface area contributed by atoms with Crippen LogP contribution in [0.4, 0.5) is 70.2 Å². The summed E-state index contributed by atoms with van der Waals surface area (Å²) < 4.78 is 245. The van der Waals surface area contributed by atoms with Gasteiger partial charge in [-0.15, -0.1) is 21.9 Å². The van der Waals surface area contributed by atoms with Gasteiger partial charge in [0, 0.05) is 22.3 Å². The normalized spacial score (nSPS) is 11.7. The van der Waals surface area contributed by atoms with Crippen LogP contribution in [0.2, 0.25) is 0 Å². The Kier molecular flexibility index (Phi) is 10.1. The molecule has 0 radical (unpaired) electrons. The predicted octanol–water partition coefficient (Wildman–Crippen LogP) is 3.53. The molecule has 0 aliphatic carbocycles. The Bertz CT molecular complexity index is 1570. The van der Waals surface area contributed by atoms with E-state index >= 15 is 35.1 Å². The fraction of sp³-hybridized carbons (Fsp3) is 0.143. The van der Waals surface area contributed by atoms with Crippen molar-refractivity contribution in [3.63, 3.8) is 0 Å². The van der Waals surface area contributed by atoms with E-state index in [2.05, 4.69) is 0 Å². The first-order valence-corrected chi connectivity index (χ1v) is 12.2. The molecule has 0 saturated carbocycles. The maximum absolute atomic E-state index is 16.0. The van der Waals surface area contributed by atoms with Crippen molar-refractivity contribution in [1.29, 1.82) is 0 Å². The summed E-state index contributed by atoms with van der Waals surface area (Å²) in [5.74, 6) is -44.5. The number of benzene rings is 4. The van der Waals surface area contributed by atoms with Crippen LogP contribution in [0.3, 0.4) is 0 Å². The van der Waals surface area contributed by atoms with Crippen LogP contribution in [-0.2, 0) is 0 Å². The van der Waals surface area contributed by atoms with Gasteiger partial charge >= 0.3 is 29.6 Å². The standard InChI is InChI=1S/C28H12BF16.Na/c1-5-13(30)9(21(38)25(42)17(5)34)29(10-14(31)6(2)18(35)26(43)22(10)39,11-15(32)7(3)19(36)27(44)23(11)40)12-16(33)8(4)20(37)28(45)24(12)41;/h1-4H3;/q-1;+1. The van der Waals surface area contributed by atoms with Crippen molar-refractivity contribution in [3.8, 4) is 0 Å². The third-order valence-electron chi connectivity index (χ3n) is 7.80. The Morgan fingerprint density at radius 1 is 0.239 bits per heavy atom. The number of halogens is 16. The molecular formula is C28H12BF16Na. The van der Waals surface area contributed by atoms with Crippen LogP contribution in [-0.4, -0.2) is 6.15 Å². The van der Waals surface area contributed by atoms with Crippen molar-refractivity contribution in [2.24, 2.45) is 0 Å². The minimum absolute atomic E-state index is 0. The quantitative estimate of drug-likeness (QED) is 0.134. The molecule has 0 spiro atoms. The van der Waals surface area contributed by atoms with Gasteiger partial charge < -0.3 is 0 Å². The van der Waals surface area contributed by atoms with Gasteiger partial charge in [-0.25, -0.2) is 70.2 Å². The second kappa shape index (κ2) is 12.5. The molecule has 0 aliphatic heterocycles. The Labute approximate surface area is 270 Å². The topological polar surface area (TPSA) is 0 Å². The van der Waals surface area contributed by atoms with Gasteiger partial charge in [-0.05, 0) is 27.7 Å². The molecule has 0 atom stereocenters. The zero-order valence-electron chi connectivity index (χ0n) is 23.6. The molecular weight excluding hydrogens is 674 g/mol. The van der Waals surface area contributed by atoms with Gasteiger partial charge in [0.15, 0.2) is 46.5 Å². The van der Waals surface area contributed by atoms with Gasteiger partial charge in [0.2, 0.25) is 0 Å². The molecule has 0 nitrogen and oxygen atoms in total. The molecule has 4 rings (SSSR count). The van der Waals surface area contributed by atoms with E-state index in [0.717, 1.165) is 0 Å². The third kappa shape index (κ3) is 4.74. The van der Waals surface area contributed by atoms with Gasteiger partial charge in [-0.1, -0.05) is 0 Å². The van der Waals surface area contributed by atoms with Crippen LogP contribution in [0.1, 0.15) is 22.3 Å². The van der Waals surface area contributed by atoms with Crippen LogP contribution in [0.25, 0.3) is 0 Å². The van der Waals surface area contributed by atoms with Gasteiger partial charge in [-0.3, -0.25) is 0 Å². The molecule has 0 heterocycles. The summed E-state index contributed by atoms with van der Waals surface area (Å²) in [6, 6.07) is 0. The molecule has 0 fully saturated rings. The minimum atomic E-state index is -6.26. The predicted molar refractivity (Wildman–Crippen MR) is 128 cm³/mol. The summed E-state index contributed by atoms with van der Waals surface area (Å²) in [4.78, 5) is 0. The van der Waals surface area contributed by atoms with Crippen LogP contribution in [0.15, 0.2) is 0 Å². The van der Waals surface area contributed by atoms with Gasteiger partial charge in [0.1, 0.15) is 29.4 Å². The third-order valence-corrected chi connectivity index (χ3v) is 7.80. The summed E-state index contributed by atoms with van der Waals surface area (Å²) in [6.07, 6.45) is -6.26. The van der Waals surface area contributed by atoms with Gasteiger partial charge in [0.05, 0.1) is 23.3 Å². The van der Waals surface area contributed by atoms with Crippen LogP contribution >= 0.6 is 0 Å². The van der Waals surface area contributed by atoms with E-state index in [1.807, 2.05) is 0 Å². The average Bonchev–Trinajstić information content (AvgIpc) is 3.00. The molecule has 0 bridgehead atoms. The summed E-state index contributed by atoms with van der Waals surface area (Å²) >= 11 is 0. The summed E-state index contributed by atoms with van der Waals surface area (Å²) in [7, 11) is 0. The molecule has 0 N–H and O–H groups in total. The smallest absolute Gasteiger partial charge is 0.210 e. The van der Waals surface area contributed by atoms with Crippen molar-refractivity contribution < 1.29 is 99.8 Å². The molecule has 0 aromatic heterocycles. The number of rotatable bonds is 4. The van der Waals surface area contributed by atoms with Crippen molar-refractivity contribution >= 4 is 28.0 Å². The molecule has 0 amide bonds. The molecule has 4 aromatic rings. The summed E-state index contributed by atoms with van der Waals surface area (Å²) in [6.45, 7) is 0.973. The first-order valence-electron chi connectivity index (χ1n) is 12.2. The molecule has 46 heavy (non-hydrogen) atoms. The van der Waals surface area contributed by atoms with Gasteiger partial charge in [0.25, 0.3) is 0 Å². The van der Waals surface area contributed by atoms with Crippen LogP contribution in [0, 0.1) is 121 Å². The number of hydrogen-bond acceptors (Lipinski definition) is 0. The maximum atomic E-state index is 16.0. The van der Waals surface area contributed by atoms with Crippen molar-refractivity contribution in [2.45, 2.75) is 27.7 Å². The minimum Gasteiger partial charge on any atom is -0.210 e. The monoisotopic (exact) mass is 686 g/mol.